The van der Waals surface area contributed by atoms with E-state index in [1.165, 1.54) is 19.3 Å². The molecular formula is C16H19NO5. The molecule has 0 fully saturated rings. The molecule has 0 spiro atoms. The lowest BCUT2D eigenvalue weighted by molar-refractivity contribution is -0.143. The molecule has 0 aliphatic carbocycles. The van der Waals surface area contributed by atoms with E-state index in [9.17, 15) is 14.4 Å². The molecule has 0 bridgehead atoms. The Balaban J connectivity index is 2.48. The van der Waals surface area contributed by atoms with Gasteiger partial charge in [0.2, 0.25) is 0 Å². The molecular weight excluding hydrogens is 286 g/mol. The fourth-order valence-electron chi connectivity index (χ4n) is 1.56. The first-order valence-corrected chi connectivity index (χ1v) is 6.75. The standard InChI is InChI=1S/C16H19NO5/c1-11(2)17-14(18)10-22-15(19)9-6-12-4-7-13(8-5-12)16(20)21-3/h4-9,11H,10H2,1-3H3,(H,17,18)/b9-6+. The average Bonchev–Trinajstić information content (AvgIpc) is 2.50. The van der Waals surface area contributed by atoms with Crippen molar-refractivity contribution >= 4 is 23.9 Å². The Morgan fingerprint density at radius 2 is 1.82 bits per heavy atom. The highest BCUT2D eigenvalue weighted by atomic mass is 16.5. The number of benzene rings is 1. The summed E-state index contributed by atoms with van der Waals surface area (Å²) in [6, 6.07) is 6.51. The lowest BCUT2D eigenvalue weighted by Crippen LogP contribution is -2.33. The molecule has 22 heavy (non-hydrogen) atoms. The van der Waals surface area contributed by atoms with E-state index < -0.39 is 11.9 Å². The zero-order valence-electron chi connectivity index (χ0n) is 12.8. The molecule has 0 aromatic heterocycles. The summed E-state index contributed by atoms with van der Waals surface area (Å²) in [5.41, 5.74) is 1.14. The predicted molar refractivity (Wildman–Crippen MR) is 81.1 cm³/mol. The largest absolute Gasteiger partial charge is 0.465 e. The smallest absolute Gasteiger partial charge is 0.337 e. The van der Waals surface area contributed by atoms with E-state index in [1.807, 2.05) is 13.8 Å². The Morgan fingerprint density at radius 1 is 1.18 bits per heavy atom. The summed E-state index contributed by atoms with van der Waals surface area (Å²) in [6.45, 7) is 3.32. The van der Waals surface area contributed by atoms with E-state index in [2.05, 4.69) is 10.1 Å². The molecule has 1 rings (SSSR count). The Labute approximate surface area is 129 Å². The maximum absolute atomic E-state index is 11.5. The molecule has 0 saturated carbocycles. The number of amides is 1. The molecule has 0 heterocycles. The van der Waals surface area contributed by atoms with E-state index in [4.69, 9.17) is 4.74 Å². The van der Waals surface area contributed by atoms with Gasteiger partial charge in [0, 0.05) is 12.1 Å². The number of rotatable bonds is 6. The SMILES string of the molecule is COC(=O)c1ccc(/C=C/C(=O)OCC(=O)NC(C)C)cc1. The molecule has 1 N–H and O–H groups in total. The van der Waals surface area contributed by atoms with Crippen LogP contribution in [0.3, 0.4) is 0 Å². The monoisotopic (exact) mass is 305 g/mol. The molecule has 1 amide bonds. The Morgan fingerprint density at radius 3 is 2.36 bits per heavy atom. The zero-order chi connectivity index (χ0) is 16.5. The minimum Gasteiger partial charge on any atom is -0.465 e. The molecule has 0 aliphatic rings. The second kappa shape index (κ2) is 8.61. The third-order valence-corrected chi connectivity index (χ3v) is 2.54. The Bertz CT molecular complexity index is 560. The van der Waals surface area contributed by atoms with Crippen LogP contribution in [0.2, 0.25) is 0 Å². The number of carbonyl (C=O) groups is 3. The number of hydrogen-bond donors (Lipinski definition) is 1. The van der Waals surface area contributed by atoms with E-state index in [-0.39, 0.29) is 18.6 Å². The van der Waals surface area contributed by atoms with Gasteiger partial charge in [-0.25, -0.2) is 9.59 Å². The van der Waals surface area contributed by atoms with Crippen molar-refractivity contribution in [3.8, 4) is 0 Å². The van der Waals surface area contributed by atoms with Crippen LogP contribution in [0.15, 0.2) is 30.3 Å². The summed E-state index contributed by atoms with van der Waals surface area (Å²) in [4.78, 5) is 34.0. The second-order valence-electron chi connectivity index (χ2n) is 4.78. The second-order valence-corrected chi connectivity index (χ2v) is 4.78. The molecule has 0 atom stereocenters. The minimum absolute atomic E-state index is 0.00457. The van der Waals surface area contributed by atoms with Crippen LogP contribution < -0.4 is 5.32 Å². The van der Waals surface area contributed by atoms with Crippen LogP contribution >= 0.6 is 0 Å². The first-order chi connectivity index (χ1) is 10.4. The lowest BCUT2D eigenvalue weighted by atomic mass is 10.1. The maximum Gasteiger partial charge on any atom is 0.337 e. The van der Waals surface area contributed by atoms with Gasteiger partial charge >= 0.3 is 11.9 Å². The quantitative estimate of drug-likeness (QED) is 0.637. The molecule has 6 nitrogen and oxygen atoms in total. The van der Waals surface area contributed by atoms with Crippen LogP contribution in [0.5, 0.6) is 0 Å². The van der Waals surface area contributed by atoms with Crippen molar-refractivity contribution in [2.24, 2.45) is 0 Å². The molecule has 0 radical (unpaired) electrons. The number of methoxy groups -OCH3 is 1. The van der Waals surface area contributed by atoms with E-state index >= 15 is 0 Å². The van der Waals surface area contributed by atoms with E-state index in [1.54, 1.807) is 24.3 Å². The summed E-state index contributed by atoms with van der Waals surface area (Å²) < 4.78 is 9.38. The van der Waals surface area contributed by atoms with Crippen molar-refractivity contribution in [3.63, 3.8) is 0 Å². The zero-order valence-corrected chi connectivity index (χ0v) is 12.8. The van der Waals surface area contributed by atoms with Crippen molar-refractivity contribution in [2.45, 2.75) is 19.9 Å². The highest BCUT2D eigenvalue weighted by Crippen LogP contribution is 2.07. The van der Waals surface area contributed by atoms with Crippen molar-refractivity contribution < 1.29 is 23.9 Å². The van der Waals surface area contributed by atoms with Gasteiger partial charge in [0.1, 0.15) is 0 Å². The normalized spacial score (nSPS) is 10.5. The molecule has 0 saturated heterocycles. The topological polar surface area (TPSA) is 81.7 Å². The molecule has 0 unspecified atom stereocenters. The van der Waals surface area contributed by atoms with Crippen LogP contribution in [-0.2, 0) is 19.1 Å². The molecule has 6 heteroatoms. The lowest BCUT2D eigenvalue weighted by Gasteiger charge is -2.07. The van der Waals surface area contributed by atoms with Gasteiger partial charge in [0.05, 0.1) is 12.7 Å². The summed E-state index contributed by atoms with van der Waals surface area (Å²) >= 11 is 0. The van der Waals surface area contributed by atoms with E-state index in [0.29, 0.717) is 5.56 Å². The van der Waals surface area contributed by atoms with Crippen LogP contribution in [0.1, 0.15) is 29.8 Å². The summed E-state index contributed by atoms with van der Waals surface area (Å²) in [5.74, 6) is -1.39. The van der Waals surface area contributed by atoms with Gasteiger partial charge in [0.15, 0.2) is 6.61 Å². The number of hydrogen-bond acceptors (Lipinski definition) is 5. The number of carbonyl (C=O) groups excluding carboxylic acids is 3. The fourth-order valence-corrected chi connectivity index (χ4v) is 1.56. The van der Waals surface area contributed by atoms with E-state index in [0.717, 1.165) is 5.56 Å². The van der Waals surface area contributed by atoms with Crippen molar-refractivity contribution in [1.82, 2.24) is 5.32 Å². The molecule has 1 aromatic carbocycles. The number of ether oxygens (including phenoxy) is 2. The van der Waals surface area contributed by atoms with Gasteiger partial charge in [-0.2, -0.15) is 0 Å². The fraction of sp³-hybridized carbons (Fsp3) is 0.312. The van der Waals surface area contributed by atoms with Gasteiger partial charge in [-0.3, -0.25) is 4.79 Å². The Hall–Kier alpha value is -2.63. The Kier molecular flexibility index (Phi) is 6.82. The van der Waals surface area contributed by atoms with Gasteiger partial charge in [0.25, 0.3) is 5.91 Å². The predicted octanol–water partition coefficient (Wildman–Crippen LogP) is 1.55. The molecule has 0 aliphatic heterocycles. The highest BCUT2D eigenvalue weighted by molar-refractivity contribution is 5.91. The van der Waals surface area contributed by atoms with Gasteiger partial charge in [-0.05, 0) is 37.6 Å². The minimum atomic E-state index is -0.615. The highest BCUT2D eigenvalue weighted by Gasteiger charge is 2.06. The third-order valence-electron chi connectivity index (χ3n) is 2.54. The average molecular weight is 305 g/mol. The summed E-state index contributed by atoms with van der Waals surface area (Å²) in [7, 11) is 1.31. The van der Waals surface area contributed by atoms with Gasteiger partial charge < -0.3 is 14.8 Å². The molecule has 1 aromatic rings. The van der Waals surface area contributed by atoms with Crippen LogP contribution in [-0.4, -0.2) is 37.6 Å². The summed E-state index contributed by atoms with van der Waals surface area (Å²) in [6.07, 6.45) is 2.75. The van der Waals surface area contributed by atoms with Crippen molar-refractivity contribution in [3.05, 3.63) is 41.5 Å². The van der Waals surface area contributed by atoms with Gasteiger partial charge in [-0.1, -0.05) is 12.1 Å². The first kappa shape index (κ1) is 17.4. The molecule has 118 valence electrons. The third kappa shape index (κ3) is 6.21. The van der Waals surface area contributed by atoms with Crippen molar-refractivity contribution in [1.29, 1.82) is 0 Å². The van der Waals surface area contributed by atoms with Crippen LogP contribution in [0.4, 0.5) is 0 Å². The van der Waals surface area contributed by atoms with Crippen LogP contribution in [0, 0.1) is 0 Å². The van der Waals surface area contributed by atoms with Crippen LogP contribution in [0.25, 0.3) is 6.08 Å². The number of esters is 2. The maximum atomic E-state index is 11.5. The summed E-state index contributed by atoms with van der Waals surface area (Å²) in [5, 5.41) is 2.61. The van der Waals surface area contributed by atoms with Gasteiger partial charge in [-0.15, -0.1) is 0 Å². The first-order valence-electron chi connectivity index (χ1n) is 6.75. The van der Waals surface area contributed by atoms with Crippen molar-refractivity contribution in [2.75, 3.05) is 13.7 Å². The number of nitrogens with one attached hydrogen (secondary N) is 1.